The van der Waals surface area contributed by atoms with E-state index in [4.69, 9.17) is 4.74 Å². The van der Waals surface area contributed by atoms with Crippen LogP contribution in [0.2, 0.25) is 0 Å². The average molecular weight is 323 g/mol. The summed E-state index contributed by atoms with van der Waals surface area (Å²) in [6, 6.07) is 3.08. The molecule has 0 aromatic carbocycles. The molecule has 1 saturated heterocycles. The molecule has 1 aliphatic heterocycles. The molecule has 20 heavy (non-hydrogen) atoms. The molecule has 0 radical (unpaired) electrons. The van der Waals surface area contributed by atoms with E-state index < -0.39 is 40.5 Å². The Morgan fingerprint density at radius 2 is 2.00 bits per heavy atom. The van der Waals surface area contributed by atoms with Gasteiger partial charge in [-0.2, -0.15) is 0 Å². The molecular formula is C11H17NO6S2. The minimum Gasteiger partial charge on any atom is -0.388 e. The van der Waals surface area contributed by atoms with Crippen LogP contribution in [0.25, 0.3) is 0 Å². The van der Waals surface area contributed by atoms with Gasteiger partial charge in [0, 0.05) is 6.54 Å². The van der Waals surface area contributed by atoms with Crippen molar-refractivity contribution >= 4 is 21.4 Å². The van der Waals surface area contributed by atoms with Gasteiger partial charge in [0.05, 0.1) is 6.10 Å². The minimum absolute atomic E-state index is 0.163. The van der Waals surface area contributed by atoms with Gasteiger partial charge in [-0.15, -0.1) is 11.3 Å². The van der Waals surface area contributed by atoms with Crippen molar-refractivity contribution in [3.63, 3.8) is 0 Å². The third-order valence-electron chi connectivity index (χ3n) is 3.19. The summed E-state index contributed by atoms with van der Waals surface area (Å²) in [5, 5.41) is 30.6. The van der Waals surface area contributed by atoms with Crippen LogP contribution in [0.4, 0.5) is 0 Å². The van der Waals surface area contributed by atoms with Gasteiger partial charge >= 0.3 is 0 Å². The molecule has 1 aliphatic rings. The molecule has 0 aliphatic carbocycles. The van der Waals surface area contributed by atoms with E-state index >= 15 is 0 Å². The topological polar surface area (TPSA) is 116 Å². The van der Waals surface area contributed by atoms with E-state index in [1.54, 1.807) is 18.4 Å². The van der Waals surface area contributed by atoms with Crippen molar-refractivity contribution in [1.29, 1.82) is 0 Å². The van der Waals surface area contributed by atoms with Gasteiger partial charge in [-0.3, -0.25) is 0 Å². The Kier molecular flexibility index (Phi) is 4.80. The Morgan fingerprint density at radius 3 is 2.60 bits per heavy atom. The second-order valence-electron chi connectivity index (χ2n) is 4.64. The van der Waals surface area contributed by atoms with Gasteiger partial charge in [0.15, 0.2) is 0 Å². The third-order valence-corrected chi connectivity index (χ3v) is 6.01. The van der Waals surface area contributed by atoms with Gasteiger partial charge in [0.2, 0.25) is 10.0 Å². The molecule has 0 amide bonds. The summed E-state index contributed by atoms with van der Waals surface area (Å²) in [6.45, 7) is 1.36. The first-order chi connectivity index (χ1) is 9.33. The molecule has 1 aromatic rings. The summed E-state index contributed by atoms with van der Waals surface area (Å²) in [6.07, 6.45) is -5.53. The highest BCUT2D eigenvalue weighted by Gasteiger charge is 2.41. The summed E-state index contributed by atoms with van der Waals surface area (Å²) >= 11 is 1.08. The SMILES string of the molecule is CC1O[C@H](CNS(=O)(=O)c2cccs2)C(O)C(O)[C@@H]1O. The number of thiophene rings is 1. The maximum Gasteiger partial charge on any atom is 0.250 e. The van der Waals surface area contributed by atoms with Crippen LogP contribution in [0.5, 0.6) is 0 Å². The van der Waals surface area contributed by atoms with Gasteiger partial charge in [-0.05, 0) is 18.4 Å². The van der Waals surface area contributed by atoms with E-state index in [0.29, 0.717) is 0 Å². The fourth-order valence-electron chi connectivity index (χ4n) is 1.98. The average Bonchev–Trinajstić information content (AvgIpc) is 2.94. The first-order valence-electron chi connectivity index (χ1n) is 6.06. The van der Waals surface area contributed by atoms with Crippen LogP contribution < -0.4 is 4.72 Å². The van der Waals surface area contributed by atoms with Gasteiger partial charge in [0.25, 0.3) is 0 Å². The van der Waals surface area contributed by atoms with E-state index in [2.05, 4.69) is 4.72 Å². The van der Waals surface area contributed by atoms with Crippen molar-refractivity contribution in [1.82, 2.24) is 4.72 Å². The quantitative estimate of drug-likeness (QED) is 0.559. The Labute approximate surface area is 120 Å². The van der Waals surface area contributed by atoms with Crippen molar-refractivity contribution in [2.75, 3.05) is 6.54 Å². The van der Waals surface area contributed by atoms with Crippen LogP contribution in [0.15, 0.2) is 21.7 Å². The highest BCUT2D eigenvalue weighted by molar-refractivity contribution is 7.91. The molecule has 1 aromatic heterocycles. The molecule has 1 fully saturated rings. The van der Waals surface area contributed by atoms with Crippen LogP contribution in [-0.4, -0.2) is 60.8 Å². The summed E-state index contributed by atoms with van der Waals surface area (Å²) in [7, 11) is -3.65. The standard InChI is InChI=1S/C11H17NO6S2/c1-6-9(13)11(15)10(14)7(18-6)5-12-20(16,17)8-3-2-4-19-8/h2-4,6-7,9-15H,5H2,1H3/t6?,7-,9-,10?,11?/m1/s1. The number of sulfonamides is 1. The lowest BCUT2D eigenvalue weighted by atomic mass is 9.96. The highest BCUT2D eigenvalue weighted by Crippen LogP contribution is 2.21. The summed E-state index contributed by atoms with van der Waals surface area (Å²) in [5.74, 6) is 0. The van der Waals surface area contributed by atoms with Gasteiger partial charge in [-0.1, -0.05) is 6.07 Å². The molecule has 0 saturated carbocycles. The van der Waals surface area contributed by atoms with E-state index in [1.807, 2.05) is 0 Å². The maximum absolute atomic E-state index is 11.9. The number of nitrogens with one attached hydrogen (secondary N) is 1. The number of ether oxygens (including phenoxy) is 1. The van der Waals surface area contributed by atoms with E-state index in [1.165, 1.54) is 6.07 Å². The van der Waals surface area contributed by atoms with Crippen LogP contribution in [0, 0.1) is 0 Å². The number of hydrogen-bond donors (Lipinski definition) is 4. The first kappa shape index (κ1) is 15.8. The molecule has 0 spiro atoms. The largest absolute Gasteiger partial charge is 0.388 e. The Hall–Kier alpha value is -0.550. The molecule has 9 heteroatoms. The van der Waals surface area contributed by atoms with E-state index in [9.17, 15) is 23.7 Å². The number of rotatable bonds is 4. The fraction of sp³-hybridized carbons (Fsp3) is 0.636. The van der Waals surface area contributed by atoms with Crippen molar-refractivity contribution in [3.05, 3.63) is 17.5 Å². The smallest absolute Gasteiger partial charge is 0.250 e. The van der Waals surface area contributed by atoms with Gasteiger partial charge in [-0.25, -0.2) is 13.1 Å². The Bertz CT molecular complexity index is 531. The van der Waals surface area contributed by atoms with E-state index in [-0.39, 0.29) is 10.8 Å². The van der Waals surface area contributed by atoms with Crippen LogP contribution in [0.1, 0.15) is 6.92 Å². The number of aliphatic hydroxyl groups is 3. The van der Waals surface area contributed by atoms with Gasteiger partial charge < -0.3 is 20.1 Å². The van der Waals surface area contributed by atoms with Crippen LogP contribution in [0.3, 0.4) is 0 Å². The lowest BCUT2D eigenvalue weighted by molar-refractivity contribution is -0.214. The zero-order chi connectivity index (χ0) is 14.9. The van der Waals surface area contributed by atoms with Crippen molar-refractivity contribution in [2.45, 2.75) is 41.7 Å². The number of aliphatic hydroxyl groups excluding tert-OH is 3. The lowest BCUT2D eigenvalue weighted by Crippen LogP contribution is -2.59. The van der Waals surface area contributed by atoms with Gasteiger partial charge in [0.1, 0.15) is 28.6 Å². The fourth-order valence-corrected chi connectivity index (χ4v) is 4.07. The molecule has 3 unspecified atom stereocenters. The molecule has 5 atom stereocenters. The molecule has 0 bridgehead atoms. The molecule has 2 heterocycles. The summed E-state index contributed by atoms with van der Waals surface area (Å²) in [4.78, 5) is 0. The minimum atomic E-state index is -3.65. The zero-order valence-corrected chi connectivity index (χ0v) is 12.3. The van der Waals surface area contributed by atoms with Crippen molar-refractivity contribution < 1.29 is 28.5 Å². The predicted octanol–water partition coefficient (Wildman–Crippen LogP) is -1.10. The van der Waals surface area contributed by atoms with E-state index in [0.717, 1.165) is 11.3 Å². The lowest BCUT2D eigenvalue weighted by Gasteiger charge is -2.39. The highest BCUT2D eigenvalue weighted by atomic mass is 32.2. The molecular weight excluding hydrogens is 306 g/mol. The number of hydrogen-bond acceptors (Lipinski definition) is 7. The molecule has 114 valence electrons. The van der Waals surface area contributed by atoms with Crippen LogP contribution in [-0.2, 0) is 14.8 Å². The molecule has 7 nitrogen and oxygen atoms in total. The van der Waals surface area contributed by atoms with Crippen LogP contribution >= 0.6 is 11.3 Å². The first-order valence-corrected chi connectivity index (χ1v) is 8.42. The van der Waals surface area contributed by atoms with Crippen molar-refractivity contribution in [2.24, 2.45) is 0 Å². The second kappa shape index (κ2) is 6.06. The molecule has 2 rings (SSSR count). The maximum atomic E-state index is 11.9. The second-order valence-corrected chi connectivity index (χ2v) is 7.58. The molecule has 4 N–H and O–H groups in total. The summed E-state index contributed by atoms with van der Waals surface area (Å²) in [5.41, 5.74) is 0. The van der Waals surface area contributed by atoms with Crippen molar-refractivity contribution in [3.8, 4) is 0 Å². The monoisotopic (exact) mass is 323 g/mol. The Morgan fingerprint density at radius 1 is 1.30 bits per heavy atom. The normalized spacial score (nSPS) is 35.1. The summed E-state index contributed by atoms with van der Waals surface area (Å²) < 4.78 is 31.6. The third kappa shape index (κ3) is 3.19. The Balaban J connectivity index is 2.00. The zero-order valence-electron chi connectivity index (χ0n) is 10.7. The predicted molar refractivity (Wildman–Crippen MR) is 71.9 cm³/mol.